The van der Waals surface area contributed by atoms with E-state index >= 15 is 0 Å². The number of fused-ring (bicyclic) bond motifs is 1. The lowest BCUT2D eigenvalue weighted by Gasteiger charge is -2.24. The highest BCUT2D eigenvalue weighted by Gasteiger charge is 2.49. The van der Waals surface area contributed by atoms with E-state index in [-0.39, 0.29) is 33.7 Å². The lowest BCUT2D eigenvalue weighted by Crippen LogP contribution is -2.37. The number of amides is 1. The molecule has 1 aliphatic carbocycles. The first kappa shape index (κ1) is 20.2. The number of hydrogen-bond donors (Lipinski definition) is 0. The Morgan fingerprint density at radius 3 is 2.75 bits per heavy atom. The minimum Gasteiger partial charge on any atom is -0.316 e. The number of thioether (sulfide) groups is 1. The topological polar surface area (TPSA) is 66.8 Å². The summed E-state index contributed by atoms with van der Waals surface area (Å²) in [5, 5.41) is 0.262. The summed E-state index contributed by atoms with van der Waals surface area (Å²) in [5.74, 6) is -0.0656. The predicted molar refractivity (Wildman–Crippen MR) is 111 cm³/mol. The summed E-state index contributed by atoms with van der Waals surface area (Å²) in [7, 11) is -3.15. The monoisotopic (exact) mass is 444 g/mol. The summed E-state index contributed by atoms with van der Waals surface area (Å²) in [6.45, 7) is 0. The van der Waals surface area contributed by atoms with E-state index in [4.69, 9.17) is 11.6 Å². The van der Waals surface area contributed by atoms with E-state index in [1.807, 2.05) is 0 Å². The number of halogens is 2. The minimum absolute atomic E-state index is 0.00501. The number of anilines is 1. The number of rotatable bonds is 4. The number of benzene rings is 1. The second kappa shape index (κ2) is 7.95. The van der Waals surface area contributed by atoms with Gasteiger partial charge in [0.25, 0.3) is 0 Å². The molecule has 0 radical (unpaired) electrons. The SMILES string of the molecule is O=C(CCC1CCCC1)N=C1S[C@@H]2CS(=O)(=O)C[C@@H]2N1c1ccc(F)c(Cl)c1. The number of aliphatic imine (C=N–C) groups is 1. The summed E-state index contributed by atoms with van der Waals surface area (Å²) in [4.78, 5) is 18.5. The molecule has 1 aromatic carbocycles. The van der Waals surface area contributed by atoms with Gasteiger partial charge in [0.1, 0.15) is 5.82 Å². The maximum absolute atomic E-state index is 13.6. The van der Waals surface area contributed by atoms with Crippen LogP contribution in [0.1, 0.15) is 38.5 Å². The van der Waals surface area contributed by atoms with Crippen molar-refractivity contribution in [2.24, 2.45) is 10.9 Å². The van der Waals surface area contributed by atoms with Crippen LogP contribution in [0.2, 0.25) is 5.02 Å². The van der Waals surface area contributed by atoms with Gasteiger partial charge in [-0.2, -0.15) is 4.99 Å². The Balaban J connectivity index is 1.57. The van der Waals surface area contributed by atoms with Gasteiger partial charge in [-0.25, -0.2) is 12.8 Å². The Labute approximate surface area is 173 Å². The largest absolute Gasteiger partial charge is 0.316 e. The zero-order chi connectivity index (χ0) is 19.9. The van der Waals surface area contributed by atoms with Gasteiger partial charge in [-0.3, -0.25) is 4.79 Å². The minimum atomic E-state index is -3.15. The third kappa shape index (κ3) is 4.24. The van der Waals surface area contributed by atoms with E-state index in [0.29, 0.717) is 23.2 Å². The van der Waals surface area contributed by atoms with Crippen LogP contribution in [-0.2, 0) is 14.6 Å². The Morgan fingerprint density at radius 2 is 2.04 bits per heavy atom. The van der Waals surface area contributed by atoms with Crippen LogP contribution in [0.4, 0.5) is 10.1 Å². The molecule has 3 fully saturated rings. The molecule has 0 N–H and O–H groups in total. The number of sulfone groups is 1. The Bertz CT molecular complexity index is 916. The molecule has 3 aliphatic rings. The predicted octanol–water partition coefficient (Wildman–Crippen LogP) is 4.05. The van der Waals surface area contributed by atoms with Crippen LogP contribution < -0.4 is 4.90 Å². The van der Waals surface area contributed by atoms with Crippen molar-refractivity contribution in [3.05, 3.63) is 29.0 Å². The smallest absolute Gasteiger partial charge is 0.248 e. The number of hydrogen-bond acceptors (Lipinski definition) is 4. The number of nitrogens with zero attached hydrogens (tertiary/aromatic N) is 2. The van der Waals surface area contributed by atoms with Crippen LogP contribution in [0.15, 0.2) is 23.2 Å². The number of carbonyl (C=O) groups excluding carboxylic acids is 1. The van der Waals surface area contributed by atoms with Gasteiger partial charge in [0, 0.05) is 17.4 Å². The van der Waals surface area contributed by atoms with Crippen molar-refractivity contribution in [1.29, 1.82) is 0 Å². The summed E-state index contributed by atoms with van der Waals surface area (Å²) >= 11 is 7.26. The maximum Gasteiger partial charge on any atom is 0.248 e. The molecule has 0 spiro atoms. The van der Waals surface area contributed by atoms with Crippen molar-refractivity contribution in [1.82, 2.24) is 0 Å². The van der Waals surface area contributed by atoms with Crippen molar-refractivity contribution in [3.8, 4) is 0 Å². The summed E-state index contributed by atoms with van der Waals surface area (Å²) < 4.78 is 37.8. The van der Waals surface area contributed by atoms with E-state index in [2.05, 4.69) is 4.99 Å². The fraction of sp³-hybridized carbons (Fsp3) is 0.579. The van der Waals surface area contributed by atoms with Gasteiger partial charge < -0.3 is 4.90 Å². The second-order valence-electron chi connectivity index (χ2n) is 7.75. The van der Waals surface area contributed by atoms with Crippen LogP contribution in [0, 0.1) is 11.7 Å². The van der Waals surface area contributed by atoms with Crippen molar-refractivity contribution in [2.45, 2.75) is 49.8 Å². The molecule has 2 atom stereocenters. The number of amidine groups is 1. The average molecular weight is 445 g/mol. The Hall–Kier alpha value is -1.12. The first-order valence-electron chi connectivity index (χ1n) is 9.55. The van der Waals surface area contributed by atoms with Gasteiger partial charge in [0.05, 0.1) is 22.6 Å². The molecule has 1 amide bonds. The standard InChI is InChI=1S/C19H22ClFN2O3S2/c20-14-9-13(6-7-15(14)21)23-16-10-28(25,26)11-17(16)27-19(23)22-18(24)8-5-12-3-1-2-4-12/h6-7,9,12,16-17H,1-5,8,10-11H2/t16-,17+/m0/s1. The summed E-state index contributed by atoms with van der Waals surface area (Å²) in [5.41, 5.74) is 0.561. The van der Waals surface area contributed by atoms with Gasteiger partial charge in [0.2, 0.25) is 5.91 Å². The van der Waals surface area contributed by atoms with Gasteiger partial charge in [-0.15, -0.1) is 0 Å². The zero-order valence-corrected chi connectivity index (χ0v) is 17.7. The van der Waals surface area contributed by atoms with Crippen molar-refractivity contribution in [3.63, 3.8) is 0 Å². The molecular formula is C19H22ClFN2O3S2. The van der Waals surface area contributed by atoms with E-state index in [1.54, 1.807) is 11.0 Å². The molecule has 0 unspecified atom stereocenters. The summed E-state index contributed by atoms with van der Waals surface area (Å²) in [6.07, 6.45) is 6.09. The molecule has 28 heavy (non-hydrogen) atoms. The molecule has 152 valence electrons. The number of carbonyl (C=O) groups is 1. The highest BCUT2D eigenvalue weighted by Crippen LogP contribution is 2.41. The molecule has 2 heterocycles. The van der Waals surface area contributed by atoms with Crippen LogP contribution in [0.5, 0.6) is 0 Å². The molecule has 1 aromatic rings. The van der Waals surface area contributed by atoms with Gasteiger partial charge in [0.15, 0.2) is 15.0 Å². The molecule has 0 aromatic heterocycles. The van der Waals surface area contributed by atoms with Crippen LogP contribution in [0.3, 0.4) is 0 Å². The van der Waals surface area contributed by atoms with E-state index in [9.17, 15) is 17.6 Å². The fourth-order valence-electron chi connectivity index (χ4n) is 4.29. The lowest BCUT2D eigenvalue weighted by molar-refractivity contribution is -0.118. The normalized spacial score (nSPS) is 28.2. The molecule has 2 saturated heterocycles. The quantitative estimate of drug-likeness (QED) is 0.700. The van der Waals surface area contributed by atoms with Gasteiger partial charge in [-0.05, 0) is 30.5 Å². The molecule has 5 nitrogen and oxygen atoms in total. The zero-order valence-electron chi connectivity index (χ0n) is 15.3. The Morgan fingerprint density at radius 1 is 1.29 bits per heavy atom. The summed E-state index contributed by atoms with van der Waals surface area (Å²) in [6, 6.07) is 3.94. The van der Waals surface area contributed by atoms with Crippen LogP contribution >= 0.6 is 23.4 Å². The molecule has 2 aliphatic heterocycles. The van der Waals surface area contributed by atoms with E-state index in [1.165, 1.54) is 49.6 Å². The molecule has 0 bridgehead atoms. The molecule has 1 saturated carbocycles. The second-order valence-corrected chi connectivity index (χ2v) is 11.5. The molecule has 4 rings (SSSR count). The van der Waals surface area contributed by atoms with Crippen LogP contribution in [-0.4, -0.2) is 42.3 Å². The Kier molecular flexibility index (Phi) is 5.73. The average Bonchev–Trinajstić information content (AvgIpc) is 3.30. The third-order valence-corrected chi connectivity index (χ3v) is 9.21. The van der Waals surface area contributed by atoms with Crippen LogP contribution in [0.25, 0.3) is 0 Å². The third-order valence-electron chi connectivity index (χ3n) is 5.71. The van der Waals surface area contributed by atoms with Crippen molar-refractivity contribution >= 4 is 50.0 Å². The van der Waals surface area contributed by atoms with E-state index < -0.39 is 15.7 Å². The highest BCUT2D eigenvalue weighted by molar-refractivity contribution is 8.16. The first-order valence-corrected chi connectivity index (χ1v) is 12.6. The lowest BCUT2D eigenvalue weighted by atomic mass is 10.0. The highest BCUT2D eigenvalue weighted by atomic mass is 35.5. The first-order chi connectivity index (χ1) is 13.3. The fourth-order valence-corrected chi connectivity index (χ4v) is 8.40. The van der Waals surface area contributed by atoms with Gasteiger partial charge in [-0.1, -0.05) is 49.0 Å². The molecular weight excluding hydrogens is 423 g/mol. The van der Waals surface area contributed by atoms with Gasteiger partial charge >= 0.3 is 0 Å². The molecule has 9 heteroatoms. The van der Waals surface area contributed by atoms with Crippen molar-refractivity contribution < 1.29 is 17.6 Å². The van der Waals surface area contributed by atoms with Crippen molar-refractivity contribution in [2.75, 3.05) is 16.4 Å². The maximum atomic E-state index is 13.6. The van der Waals surface area contributed by atoms with E-state index in [0.717, 1.165) is 6.42 Å².